The largest absolute Gasteiger partial charge is 0.277 e. The summed E-state index contributed by atoms with van der Waals surface area (Å²) >= 11 is 0. The Balaban J connectivity index is 2.94. The zero-order chi connectivity index (χ0) is 8.55. The zero-order valence-corrected chi connectivity index (χ0v) is 7.36. The van der Waals surface area contributed by atoms with Gasteiger partial charge in [-0.05, 0) is 0 Å². The molecule has 0 fully saturated rings. The van der Waals surface area contributed by atoms with Crippen LogP contribution in [0.2, 0.25) is 0 Å². The fourth-order valence-corrected chi connectivity index (χ4v) is 1.45. The van der Waals surface area contributed by atoms with Gasteiger partial charge in [0.2, 0.25) is 0 Å². The van der Waals surface area contributed by atoms with Crippen molar-refractivity contribution in [2.75, 3.05) is 0 Å². The molecule has 0 saturated heterocycles. The van der Waals surface area contributed by atoms with Crippen LogP contribution < -0.4 is 9.13 Å². The fraction of sp³-hybridized carbons (Fsp3) is 0.200. The van der Waals surface area contributed by atoms with E-state index < -0.39 is 0 Å². The first kappa shape index (κ1) is 7.22. The van der Waals surface area contributed by atoms with Gasteiger partial charge in [0.25, 0.3) is 11.0 Å². The molecule has 0 aromatic carbocycles. The molecule has 2 heterocycles. The molecular formula is C10H12N2+2. The number of aromatic nitrogens is 2. The van der Waals surface area contributed by atoms with Crippen molar-refractivity contribution in [2.24, 2.45) is 14.1 Å². The molecule has 2 aromatic rings. The number of rotatable bonds is 0. The minimum atomic E-state index is 1.25. The molecule has 12 heavy (non-hydrogen) atoms. The quantitative estimate of drug-likeness (QED) is 0.495. The summed E-state index contributed by atoms with van der Waals surface area (Å²) in [5.74, 6) is 0. The van der Waals surface area contributed by atoms with Crippen molar-refractivity contribution in [3.8, 4) is 0 Å². The second kappa shape index (κ2) is 2.55. The molecule has 0 unspecified atom stereocenters. The van der Waals surface area contributed by atoms with Gasteiger partial charge in [-0.25, -0.2) is 0 Å². The van der Waals surface area contributed by atoms with E-state index in [1.807, 2.05) is 0 Å². The minimum absolute atomic E-state index is 1.25. The zero-order valence-electron chi connectivity index (χ0n) is 7.36. The summed E-state index contributed by atoms with van der Waals surface area (Å²) in [7, 11) is 4.12. The van der Waals surface area contributed by atoms with E-state index >= 15 is 0 Å². The summed E-state index contributed by atoms with van der Waals surface area (Å²) in [6.07, 6.45) is 4.12. The standard InChI is InChI=1S/C10H12N2/c1-11-7-3-6-10-9(11)5-4-8-12(10)2/h3-8H,1-2H3/q+2. The molecule has 0 aliphatic heterocycles. The number of pyridine rings is 2. The van der Waals surface area contributed by atoms with Gasteiger partial charge in [-0.15, -0.1) is 0 Å². The van der Waals surface area contributed by atoms with Gasteiger partial charge in [-0.3, -0.25) is 0 Å². The van der Waals surface area contributed by atoms with Gasteiger partial charge in [-0.2, -0.15) is 9.13 Å². The maximum atomic E-state index is 2.12. The van der Waals surface area contributed by atoms with Gasteiger partial charge in [0.1, 0.15) is 14.1 Å². The van der Waals surface area contributed by atoms with E-state index in [1.54, 1.807) is 0 Å². The average molecular weight is 160 g/mol. The number of nitrogens with zero attached hydrogens (tertiary/aromatic N) is 2. The highest BCUT2D eigenvalue weighted by atomic mass is 15.0. The summed E-state index contributed by atoms with van der Waals surface area (Å²) in [6.45, 7) is 0. The Hall–Kier alpha value is -1.44. The summed E-state index contributed by atoms with van der Waals surface area (Å²) < 4.78 is 4.24. The van der Waals surface area contributed by atoms with Crippen LogP contribution >= 0.6 is 0 Å². The van der Waals surface area contributed by atoms with Crippen LogP contribution in [0.5, 0.6) is 0 Å². The van der Waals surface area contributed by atoms with Crippen molar-refractivity contribution >= 4 is 11.0 Å². The minimum Gasteiger partial charge on any atom is -0.196 e. The summed E-state index contributed by atoms with van der Waals surface area (Å²) in [4.78, 5) is 0. The van der Waals surface area contributed by atoms with Crippen LogP contribution in [0.15, 0.2) is 36.7 Å². The van der Waals surface area contributed by atoms with E-state index in [9.17, 15) is 0 Å². The molecule has 0 radical (unpaired) electrons. The van der Waals surface area contributed by atoms with Gasteiger partial charge in [0.05, 0.1) is 0 Å². The van der Waals surface area contributed by atoms with Crippen molar-refractivity contribution in [1.82, 2.24) is 0 Å². The SMILES string of the molecule is C[n+]1cccc2c1ccc[n+]2C. The number of fused-ring (bicyclic) bond motifs is 1. The molecule has 2 aromatic heterocycles. The first-order valence-electron chi connectivity index (χ1n) is 4.02. The topological polar surface area (TPSA) is 7.76 Å². The van der Waals surface area contributed by atoms with Crippen LogP contribution in [-0.4, -0.2) is 0 Å². The molecule has 0 aliphatic carbocycles. The lowest BCUT2D eigenvalue weighted by Crippen LogP contribution is -2.35. The lowest BCUT2D eigenvalue weighted by molar-refractivity contribution is -0.667. The van der Waals surface area contributed by atoms with Crippen LogP contribution in [0, 0.1) is 0 Å². The van der Waals surface area contributed by atoms with Crippen LogP contribution in [0.4, 0.5) is 0 Å². The van der Waals surface area contributed by atoms with E-state index in [4.69, 9.17) is 0 Å². The number of aryl methyl sites for hydroxylation is 2. The molecule has 2 rings (SSSR count). The first-order valence-corrected chi connectivity index (χ1v) is 4.02. The second-order valence-corrected chi connectivity index (χ2v) is 3.01. The summed E-state index contributed by atoms with van der Waals surface area (Å²) in [5.41, 5.74) is 2.50. The maximum absolute atomic E-state index is 2.12. The maximum Gasteiger partial charge on any atom is 0.277 e. The first-order chi connectivity index (χ1) is 5.79. The van der Waals surface area contributed by atoms with Gasteiger partial charge in [0, 0.05) is 24.3 Å². The monoisotopic (exact) mass is 160 g/mol. The van der Waals surface area contributed by atoms with E-state index in [-0.39, 0.29) is 0 Å². The highest BCUT2D eigenvalue weighted by Crippen LogP contribution is 2.00. The van der Waals surface area contributed by atoms with Gasteiger partial charge < -0.3 is 0 Å². The van der Waals surface area contributed by atoms with E-state index in [0.29, 0.717) is 0 Å². The smallest absolute Gasteiger partial charge is 0.196 e. The van der Waals surface area contributed by atoms with Gasteiger partial charge >= 0.3 is 0 Å². The van der Waals surface area contributed by atoms with Crippen LogP contribution in [0.3, 0.4) is 0 Å². The average Bonchev–Trinajstić information content (AvgIpc) is 2.07. The lowest BCUT2D eigenvalue weighted by Gasteiger charge is -1.93. The Kier molecular flexibility index (Phi) is 1.54. The Morgan fingerprint density at radius 2 is 1.25 bits per heavy atom. The van der Waals surface area contributed by atoms with Crippen molar-refractivity contribution in [2.45, 2.75) is 0 Å². The van der Waals surface area contributed by atoms with Crippen molar-refractivity contribution in [1.29, 1.82) is 0 Å². The molecule has 0 saturated carbocycles. The highest BCUT2D eigenvalue weighted by Gasteiger charge is 2.10. The summed E-state index contributed by atoms with van der Waals surface area (Å²) in [6, 6.07) is 8.36. The Bertz CT molecular complexity index is 380. The number of hydrogen-bond donors (Lipinski definition) is 0. The summed E-state index contributed by atoms with van der Waals surface area (Å²) in [5, 5.41) is 0. The van der Waals surface area contributed by atoms with Crippen molar-refractivity contribution < 1.29 is 9.13 Å². The van der Waals surface area contributed by atoms with Crippen molar-refractivity contribution in [3.05, 3.63) is 36.7 Å². The Morgan fingerprint density at radius 1 is 0.833 bits per heavy atom. The third kappa shape index (κ3) is 0.961. The van der Waals surface area contributed by atoms with Gasteiger partial charge in [-0.1, -0.05) is 0 Å². The predicted octanol–water partition coefficient (Wildman–Crippen LogP) is 0.489. The molecule has 0 amide bonds. The van der Waals surface area contributed by atoms with Crippen molar-refractivity contribution in [3.63, 3.8) is 0 Å². The van der Waals surface area contributed by atoms with Crippen LogP contribution in [-0.2, 0) is 14.1 Å². The second-order valence-electron chi connectivity index (χ2n) is 3.01. The molecule has 0 atom stereocenters. The van der Waals surface area contributed by atoms with Gasteiger partial charge in [0.15, 0.2) is 12.4 Å². The molecule has 2 nitrogen and oxygen atoms in total. The fourth-order valence-electron chi connectivity index (χ4n) is 1.45. The third-order valence-corrected chi connectivity index (χ3v) is 2.15. The molecule has 0 aliphatic rings. The Morgan fingerprint density at radius 3 is 1.67 bits per heavy atom. The number of hydrogen-bond acceptors (Lipinski definition) is 0. The normalized spacial score (nSPS) is 10.5. The molecule has 0 bridgehead atoms. The molecular weight excluding hydrogens is 148 g/mol. The van der Waals surface area contributed by atoms with Crippen LogP contribution in [0.1, 0.15) is 0 Å². The molecule has 0 N–H and O–H groups in total. The third-order valence-electron chi connectivity index (χ3n) is 2.15. The molecule has 60 valence electrons. The molecule has 2 heteroatoms. The van der Waals surface area contributed by atoms with E-state index in [0.717, 1.165) is 0 Å². The predicted molar refractivity (Wildman–Crippen MR) is 46.3 cm³/mol. The van der Waals surface area contributed by atoms with E-state index in [1.165, 1.54) is 11.0 Å². The van der Waals surface area contributed by atoms with Crippen LogP contribution in [0.25, 0.3) is 11.0 Å². The molecule has 0 spiro atoms. The highest BCUT2D eigenvalue weighted by molar-refractivity contribution is 5.65. The lowest BCUT2D eigenvalue weighted by atomic mass is 10.3. The Labute approximate surface area is 71.7 Å². The van der Waals surface area contributed by atoms with E-state index in [2.05, 4.69) is 59.9 Å².